The number of alkyl halides is 2. The van der Waals surface area contributed by atoms with E-state index in [-0.39, 0.29) is 5.56 Å². The lowest BCUT2D eigenvalue weighted by Gasteiger charge is -2.34. The second-order valence-corrected chi connectivity index (χ2v) is 5.42. The molecule has 19 heavy (non-hydrogen) atoms. The van der Waals surface area contributed by atoms with Gasteiger partial charge in [-0.2, -0.15) is 0 Å². The Hall–Kier alpha value is -1.45. The first-order chi connectivity index (χ1) is 8.86. The topological polar surface area (TPSA) is 37.3 Å². The highest BCUT2D eigenvalue weighted by molar-refractivity contribution is 5.81. The van der Waals surface area contributed by atoms with Crippen LogP contribution in [-0.4, -0.2) is 11.1 Å². The van der Waals surface area contributed by atoms with Crippen LogP contribution in [0.5, 0.6) is 0 Å². The van der Waals surface area contributed by atoms with E-state index < -0.39 is 17.3 Å². The standard InChI is InChI=1S/C15H18F2O2/c1-14(16,17)11-6-5-7-12(10-11)15(13(18)19)8-3-2-4-9-15/h5-7,10H,2-4,8-9H2,1H3,(H,18,19). The Balaban J connectivity index is 2.46. The molecule has 0 aromatic heterocycles. The van der Waals surface area contributed by atoms with Crippen LogP contribution in [0.4, 0.5) is 8.78 Å². The third-order valence-corrected chi connectivity index (χ3v) is 4.04. The quantitative estimate of drug-likeness (QED) is 0.896. The molecule has 0 heterocycles. The highest BCUT2D eigenvalue weighted by atomic mass is 19.3. The van der Waals surface area contributed by atoms with E-state index in [2.05, 4.69) is 0 Å². The zero-order chi connectivity index (χ0) is 14.1. The average Bonchev–Trinajstić information content (AvgIpc) is 2.38. The van der Waals surface area contributed by atoms with Crippen molar-refractivity contribution >= 4 is 5.97 Å². The fourth-order valence-corrected chi connectivity index (χ4v) is 2.87. The first kappa shape index (κ1) is 14.0. The molecule has 0 aliphatic heterocycles. The molecule has 0 bridgehead atoms. The fraction of sp³-hybridized carbons (Fsp3) is 0.533. The Bertz CT molecular complexity index is 471. The number of carboxylic acid groups (broad SMARTS) is 1. The normalized spacial score (nSPS) is 19.1. The number of rotatable bonds is 3. The van der Waals surface area contributed by atoms with Crippen LogP contribution in [0.1, 0.15) is 50.2 Å². The zero-order valence-corrected chi connectivity index (χ0v) is 11.0. The van der Waals surface area contributed by atoms with E-state index in [1.54, 1.807) is 6.07 Å². The molecule has 1 aromatic carbocycles. The number of benzene rings is 1. The van der Waals surface area contributed by atoms with Gasteiger partial charge in [0, 0.05) is 12.5 Å². The van der Waals surface area contributed by atoms with Gasteiger partial charge in [0.2, 0.25) is 0 Å². The Labute approximate surface area is 111 Å². The molecule has 1 N–H and O–H groups in total. The number of hydrogen-bond donors (Lipinski definition) is 1. The van der Waals surface area contributed by atoms with Gasteiger partial charge in [-0.05, 0) is 24.5 Å². The predicted molar refractivity (Wildman–Crippen MR) is 68.4 cm³/mol. The Morgan fingerprint density at radius 3 is 2.42 bits per heavy atom. The third-order valence-electron chi connectivity index (χ3n) is 4.04. The summed E-state index contributed by atoms with van der Waals surface area (Å²) in [6, 6.07) is 5.90. The van der Waals surface area contributed by atoms with Crippen molar-refractivity contribution in [2.45, 2.75) is 50.4 Å². The molecule has 2 nitrogen and oxygen atoms in total. The van der Waals surface area contributed by atoms with Gasteiger partial charge in [0.05, 0.1) is 5.41 Å². The monoisotopic (exact) mass is 268 g/mol. The molecule has 1 fully saturated rings. The smallest absolute Gasteiger partial charge is 0.314 e. The first-order valence-corrected chi connectivity index (χ1v) is 6.58. The largest absolute Gasteiger partial charge is 0.481 e. The highest BCUT2D eigenvalue weighted by Crippen LogP contribution is 2.41. The van der Waals surface area contributed by atoms with Gasteiger partial charge in [0.1, 0.15) is 0 Å². The van der Waals surface area contributed by atoms with E-state index in [1.807, 2.05) is 0 Å². The summed E-state index contributed by atoms with van der Waals surface area (Å²) in [4.78, 5) is 11.7. The Morgan fingerprint density at radius 1 is 1.26 bits per heavy atom. The van der Waals surface area contributed by atoms with Gasteiger partial charge in [-0.15, -0.1) is 0 Å². The molecule has 0 unspecified atom stereocenters. The molecule has 2 rings (SSSR count). The minimum atomic E-state index is -2.94. The van der Waals surface area contributed by atoms with Gasteiger partial charge in [-0.3, -0.25) is 4.79 Å². The van der Waals surface area contributed by atoms with Gasteiger partial charge >= 0.3 is 5.97 Å². The summed E-state index contributed by atoms with van der Waals surface area (Å²) in [6.45, 7) is 0.834. The van der Waals surface area contributed by atoms with Crippen LogP contribution in [0.25, 0.3) is 0 Å². The summed E-state index contributed by atoms with van der Waals surface area (Å²) in [5.74, 6) is -3.84. The van der Waals surface area contributed by atoms with Crippen molar-refractivity contribution in [1.29, 1.82) is 0 Å². The Kier molecular flexibility index (Phi) is 3.61. The second kappa shape index (κ2) is 4.91. The van der Waals surface area contributed by atoms with Crippen molar-refractivity contribution in [2.75, 3.05) is 0 Å². The van der Waals surface area contributed by atoms with Crippen molar-refractivity contribution in [3.8, 4) is 0 Å². The molecule has 104 valence electrons. The summed E-state index contributed by atoms with van der Waals surface area (Å²) in [5.41, 5.74) is -0.589. The number of halogens is 2. The molecule has 1 saturated carbocycles. The zero-order valence-electron chi connectivity index (χ0n) is 11.0. The first-order valence-electron chi connectivity index (χ1n) is 6.58. The molecule has 1 aliphatic carbocycles. The summed E-state index contributed by atoms with van der Waals surface area (Å²) in [5, 5.41) is 9.55. The van der Waals surface area contributed by atoms with Gasteiger partial charge in [-0.25, -0.2) is 8.78 Å². The van der Waals surface area contributed by atoms with Crippen molar-refractivity contribution in [1.82, 2.24) is 0 Å². The van der Waals surface area contributed by atoms with Crippen molar-refractivity contribution in [3.63, 3.8) is 0 Å². The number of hydrogen-bond acceptors (Lipinski definition) is 1. The lowest BCUT2D eigenvalue weighted by molar-refractivity contribution is -0.145. The van der Waals surface area contributed by atoms with Crippen LogP contribution in [0.2, 0.25) is 0 Å². The van der Waals surface area contributed by atoms with Crippen molar-refractivity contribution < 1.29 is 18.7 Å². The van der Waals surface area contributed by atoms with Gasteiger partial charge in [0.25, 0.3) is 5.92 Å². The van der Waals surface area contributed by atoms with Crippen LogP contribution in [0, 0.1) is 0 Å². The minimum Gasteiger partial charge on any atom is -0.481 e. The van der Waals surface area contributed by atoms with Crippen LogP contribution < -0.4 is 0 Å². The predicted octanol–water partition coefficient (Wildman–Crippen LogP) is 4.08. The van der Waals surface area contributed by atoms with Crippen LogP contribution >= 0.6 is 0 Å². The van der Waals surface area contributed by atoms with E-state index in [1.165, 1.54) is 18.2 Å². The highest BCUT2D eigenvalue weighted by Gasteiger charge is 2.42. The van der Waals surface area contributed by atoms with Gasteiger partial charge in [-0.1, -0.05) is 37.5 Å². The van der Waals surface area contributed by atoms with Gasteiger partial charge in [0.15, 0.2) is 0 Å². The molecule has 0 radical (unpaired) electrons. The molecule has 4 heteroatoms. The van der Waals surface area contributed by atoms with Crippen LogP contribution in [0.15, 0.2) is 24.3 Å². The lowest BCUT2D eigenvalue weighted by Crippen LogP contribution is -2.38. The maximum atomic E-state index is 13.4. The third kappa shape index (κ3) is 2.62. The van der Waals surface area contributed by atoms with Crippen molar-refractivity contribution in [2.24, 2.45) is 0 Å². The molecular formula is C15H18F2O2. The summed E-state index contributed by atoms with van der Waals surface area (Å²) < 4.78 is 26.8. The van der Waals surface area contributed by atoms with E-state index in [4.69, 9.17) is 0 Å². The molecule has 0 atom stereocenters. The number of carboxylic acids is 1. The molecule has 0 spiro atoms. The van der Waals surface area contributed by atoms with Crippen LogP contribution in [0.3, 0.4) is 0 Å². The van der Waals surface area contributed by atoms with E-state index in [0.29, 0.717) is 18.4 Å². The summed E-state index contributed by atoms with van der Waals surface area (Å²) in [6.07, 6.45) is 3.74. The maximum absolute atomic E-state index is 13.4. The average molecular weight is 268 g/mol. The minimum absolute atomic E-state index is 0.115. The van der Waals surface area contributed by atoms with E-state index in [9.17, 15) is 18.7 Å². The SMILES string of the molecule is CC(F)(F)c1cccc(C2(C(=O)O)CCCCC2)c1. The van der Waals surface area contributed by atoms with Crippen LogP contribution in [-0.2, 0) is 16.1 Å². The molecule has 1 aliphatic rings. The molecular weight excluding hydrogens is 250 g/mol. The fourth-order valence-electron chi connectivity index (χ4n) is 2.87. The number of carbonyl (C=O) groups is 1. The molecule has 0 amide bonds. The lowest BCUT2D eigenvalue weighted by atomic mass is 9.69. The van der Waals surface area contributed by atoms with Crippen molar-refractivity contribution in [3.05, 3.63) is 35.4 Å². The summed E-state index contributed by atoms with van der Waals surface area (Å²) in [7, 11) is 0. The van der Waals surface area contributed by atoms with Gasteiger partial charge < -0.3 is 5.11 Å². The molecule has 1 aromatic rings. The Morgan fingerprint density at radius 2 is 1.89 bits per heavy atom. The molecule has 0 saturated heterocycles. The second-order valence-electron chi connectivity index (χ2n) is 5.42. The summed E-state index contributed by atoms with van der Waals surface area (Å²) >= 11 is 0. The number of aliphatic carboxylic acids is 1. The van der Waals surface area contributed by atoms with E-state index >= 15 is 0 Å². The maximum Gasteiger partial charge on any atom is 0.314 e. The van der Waals surface area contributed by atoms with E-state index in [0.717, 1.165) is 26.2 Å².